The van der Waals surface area contributed by atoms with E-state index < -0.39 is 0 Å². The molecule has 0 saturated heterocycles. The molecule has 0 atom stereocenters. The van der Waals surface area contributed by atoms with Gasteiger partial charge in [0.15, 0.2) is 11.5 Å². The number of hydrogen-bond donors (Lipinski definition) is 1. The van der Waals surface area contributed by atoms with Crippen LogP contribution in [0, 0.1) is 0 Å². The lowest BCUT2D eigenvalue weighted by Crippen LogP contribution is -2.20. The third-order valence-corrected chi connectivity index (χ3v) is 3.07. The molecule has 110 valence electrons. The summed E-state index contributed by atoms with van der Waals surface area (Å²) >= 11 is 0. The van der Waals surface area contributed by atoms with Crippen LogP contribution in [-0.2, 0) is 0 Å². The molecule has 8 nitrogen and oxygen atoms in total. The maximum Gasteiger partial charge on any atom is 0.236 e. The highest BCUT2D eigenvalue weighted by Gasteiger charge is 2.22. The summed E-state index contributed by atoms with van der Waals surface area (Å²) in [4.78, 5) is 16.2. The number of benzene rings is 1. The van der Waals surface area contributed by atoms with Crippen molar-refractivity contribution < 1.29 is 9.47 Å². The molecule has 2 aromatic rings. The first-order valence-electron chi connectivity index (χ1n) is 6.37. The van der Waals surface area contributed by atoms with Crippen LogP contribution in [0.15, 0.2) is 18.2 Å². The predicted octanol–water partition coefficient (Wildman–Crippen LogP) is 1.02. The number of fused-ring (bicyclic) bond motifs is 1. The first kappa shape index (κ1) is 13.2. The molecule has 3 rings (SSSR count). The topological polar surface area (TPSA) is 89.6 Å². The maximum atomic E-state index is 5.75. The van der Waals surface area contributed by atoms with Crippen molar-refractivity contribution in [2.24, 2.45) is 0 Å². The smallest absolute Gasteiger partial charge is 0.236 e. The fourth-order valence-corrected chi connectivity index (χ4v) is 2.01. The van der Waals surface area contributed by atoms with Crippen molar-refractivity contribution in [3.8, 4) is 11.5 Å². The molecule has 0 aliphatic carbocycles. The highest BCUT2D eigenvalue weighted by atomic mass is 16.7. The van der Waals surface area contributed by atoms with Gasteiger partial charge in [0.2, 0.25) is 24.6 Å². The Labute approximate surface area is 122 Å². The second kappa shape index (κ2) is 4.97. The molecular formula is C13H16N6O2. The van der Waals surface area contributed by atoms with Crippen molar-refractivity contribution in [1.29, 1.82) is 0 Å². The summed E-state index contributed by atoms with van der Waals surface area (Å²) in [6.07, 6.45) is 0. The van der Waals surface area contributed by atoms with Gasteiger partial charge in [-0.15, -0.1) is 0 Å². The normalized spacial score (nSPS) is 12.3. The fourth-order valence-electron chi connectivity index (χ4n) is 2.01. The van der Waals surface area contributed by atoms with Crippen molar-refractivity contribution in [3.63, 3.8) is 0 Å². The van der Waals surface area contributed by atoms with Gasteiger partial charge in [-0.1, -0.05) is 6.07 Å². The van der Waals surface area contributed by atoms with Gasteiger partial charge < -0.3 is 25.0 Å². The molecule has 0 fully saturated rings. The van der Waals surface area contributed by atoms with Crippen LogP contribution >= 0.6 is 0 Å². The lowest BCUT2D eigenvalue weighted by Gasteiger charge is -2.20. The van der Waals surface area contributed by atoms with Crippen LogP contribution in [0.25, 0.3) is 0 Å². The molecule has 2 N–H and O–H groups in total. The maximum absolute atomic E-state index is 5.75. The Balaban J connectivity index is 2.03. The van der Waals surface area contributed by atoms with Crippen LogP contribution in [0.3, 0.4) is 0 Å². The van der Waals surface area contributed by atoms with Gasteiger partial charge in [-0.05, 0) is 12.1 Å². The summed E-state index contributed by atoms with van der Waals surface area (Å²) in [5, 5.41) is 0. The van der Waals surface area contributed by atoms with E-state index in [1.807, 2.05) is 39.3 Å². The highest BCUT2D eigenvalue weighted by molar-refractivity contribution is 5.70. The minimum atomic E-state index is 0.167. The number of nitrogen functional groups attached to an aromatic ring is 1. The second-order valence-corrected chi connectivity index (χ2v) is 4.76. The van der Waals surface area contributed by atoms with Crippen molar-refractivity contribution in [1.82, 2.24) is 15.0 Å². The monoisotopic (exact) mass is 288 g/mol. The lowest BCUT2D eigenvalue weighted by atomic mass is 10.2. The molecule has 0 radical (unpaired) electrons. The van der Waals surface area contributed by atoms with E-state index in [9.17, 15) is 0 Å². The Kier molecular flexibility index (Phi) is 3.13. The molecule has 21 heavy (non-hydrogen) atoms. The number of ether oxygens (including phenoxy) is 2. The molecule has 1 aromatic heterocycles. The molecule has 8 heteroatoms. The van der Waals surface area contributed by atoms with Gasteiger partial charge in [0, 0.05) is 21.1 Å². The van der Waals surface area contributed by atoms with Gasteiger partial charge in [0.05, 0.1) is 5.69 Å². The summed E-state index contributed by atoms with van der Waals surface area (Å²) < 4.78 is 10.9. The number of aromatic nitrogens is 3. The zero-order valence-corrected chi connectivity index (χ0v) is 12.1. The Morgan fingerprint density at radius 2 is 1.81 bits per heavy atom. The van der Waals surface area contributed by atoms with Crippen molar-refractivity contribution in [2.75, 3.05) is 43.5 Å². The number of hydrogen-bond acceptors (Lipinski definition) is 8. The molecular weight excluding hydrogens is 272 g/mol. The Morgan fingerprint density at radius 3 is 2.57 bits per heavy atom. The first-order valence-corrected chi connectivity index (χ1v) is 6.37. The summed E-state index contributed by atoms with van der Waals surface area (Å²) in [5.74, 6) is 2.48. The number of para-hydroxylation sites is 1. The zero-order valence-electron chi connectivity index (χ0n) is 12.1. The SMILES string of the molecule is CN(C)c1nc(N)nc(N(C)c2cccc3c2OCO3)n1. The second-order valence-electron chi connectivity index (χ2n) is 4.76. The van der Waals surface area contributed by atoms with Crippen LogP contribution < -0.4 is 25.0 Å². The van der Waals surface area contributed by atoms with E-state index >= 15 is 0 Å². The summed E-state index contributed by atoms with van der Waals surface area (Å²) in [6.45, 7) is 0.211. The minimum absolute atomic E-state index is 0.167. The van der Waals surface area contributed by atoms with Gasteiger partial charge in [0.1, 0.15) is 0 Å². The van der Waals surface area contributed by atoms with E-state index in [2.05, 4.69) is 15.0 Å². The third kappa shape index (κ3) is 2.35. The molecule has 0 bridgehead atoms. The number of rotatable bonds is 3. The van der Waals surface area contributed by atoms with Gasteiger partial charge in [-0.25, -0.2) is 0 Å². The molecule has 0 saturated carbocycles. The Bertz CT molecular complexity index is 676. The van der Waals surface area contributed by atoms with Gasteiger partial charge in [0.25, 0.3) is 0 Å². The van der Waals surface area contributed by atoms with Crippen LogP contribution in [0.2, 0.25) is 0 Å². The molecule has 0 spiro atoms. The summed E-state index contributed by atoms with van der Waals surface area (Å²) in [7, 11) is 5.52. The van der Waals surface area contributed by atoms with E-state index in [4.69, 9.17) is 15.2 Å². The van der Waals surface area contributed by atoms with Gasteiger partial charge in [-0.2, -0.15) is 15.0 Å². The fraction of sp³-hybridized carbons (Fsp3) is 0.308. The number of anilines is 4. The summed E-state index contributed by atoms with van der Waals surface area (Å²) in [6, 6.07) is 5.65. The van der Waals surface area contributed by atoms with E-state index in [0.717, 1.165) is 5.69 Å². The van der Waals surface area contributed by atoms with Gasteiger partial charge >= 0.3 is 0 Å². The molecule has 1 aromatic carbocycles. The van der Waals surface area contributed by atoms with Crippen molar-refractivity contribution in [2.45, 2.75) is 0 Å². The quantitative estimate of drug-likeness (QED) is 0.895. The zero-order chi connectivity index (χ0) is 15.0. The molecule has 0 unspecified atom stereocenters. The number of nitrogens with two attached hydrogens (primary N) is 1. The molecule has 2 heterocycles. The van der Waals surface area contributed by atoms with Crippen LogP contribution in [0.5, 0.6) is 11.5 Å². The van der Waals surface area contributed by atoms with Gasteiger partial charge in [-0.3, -0.25) is 0 Å². The third-order valence-electron chi connectivity index (χ3n) is 3.07. The van der Waals surface area contributed by atoms with Crippen molar-refractivity contribution >= 4 is 23.5 Å². The number of nitrogens with zero attached hydrogens (tertiary/aromatic N) is 5. The van der Waals surface area contributed by atoms with E-state index in [-0.39, 0.29) is 12.7 Å². The minimum Gasteiger partial charge on any atom is -0.454 e. The van der Waals surface area contributed by atoms with E-state index in [0.29, 0.717) is 23.4 Å². The lowest BCUT2D eigenvalue weighted by molar-refractivity contribution is 0.174. The van der Waals surface area contributed by atoms with E-state index in [1.54, 1.807) is 9.80 Å². The first-order chi connectivity index (χ1) is 10.1. The average molecular weight is 288 g/mol. The largest absolute Gasteiger partial charge is 0.454 e. The standard InChI is InChI=1S/C13H16N6O2/c1-18(2)12-15-11(14)16-13(17-12)19(3)8-5-4-6-9-10(8)21-7-20-9/h4-6H,7H2,1-3H3,(H2,14,15,16,17). The highest BCUT2D eigenvalue weighted by Crippen LogP contribution is 2.42. The molecule has 1 aliphatic rings. The van der Waals surface area contributed by atoms with Crippen molar-refractivity contribution in [3.05, 3.63) is 18.2 Å². The van der Waals surface area contributed by atoms with E-state index in [1.165, 1.54) is 0 Å². The molecule has 0 amide bonds. The summed E-state index contributed by atoms with van der Waals surface area (Å²) in [5.41, 5.74) is 6.56. The Hall–Kier alpha value is -2.77. The molecule has 1 aliphatic heterocycles. The van der Waals surface area contributed by atoms with Crippen LogP contribution in [0.1, 0.15) is 0 Å². The predicted molar refractivity (Wildman–Crippen MR) is 79.2 cm³/mol. The van der Waals surface area contributed by atoms with Crippen LogP contribution in [0.4, 0.5) is 23.5 Å². The average Bonchev–Trinajstić information content (AvgIpc) is 2.94. The Morgan fingerprint density at radius 1 is 1.05 bits per heavy atom. The van der Waals surface area contributed by atoms with Crippen LogP contribution in [-0.4, -0.2) is 42.9 Å².